The van der Waals surface area contributed by atoms with Gasteiger partial charge in [-0.15, -0.1) is 0 Å². The summed E-state index contributed by atoms with van der Waals surface area (Å²) in [7, 11) is 0. The highest BCUT2D eigenvalue weighted by Gasteiger charge is 2.28. The normalized spacial score (nSPS) is 17.8. The van der Waals surface area contributed by atoms with Crippen LogP contribution >= 0.6 is 0 Å². The van der Waals surface area contributed by atoms with Crippen LogP contribution < -0.4 is 5.32 Å². The van der Waals surface area contributed by atoms with Crippen molar-refractivity contribution < 1.29 is 24.5 Å². The van der Waals surface area contributed by atoms with Crippen molar-refractivity contribution in [1.29, 1.82) is 0 Å². The molecule has 1 heterocycles. The van der Waals surface area contributed by atoms with Crippen molar-refractivity contribution in [1.82, 2.24) is 10.2 Å². The van der Waals surface area contributed by atoms with Crippen molar-refractivity contribution in [2.24, 2.45) is 0 Å². The Morgan fingerprint density at radius 3 is 2.27 bits per heavy atom. The number of benzene rings is 1. The highest BCUT2D eigenvalue weighted by Crippen LogP contribution is 2.16. The second-order valence-electron chi connectivity index (χ2n) is 7.38. The number of ether oxygens (including phenoxy) is 1. The van der Waals surface area contributed by atoms with E-state index < -0.39 is 5.60 Å². The quantitative estimate of drug-likeness (QED) is 0.747. The van der Waals surface area contributed by atoms with Crippen LogP contribution in [0.3, 0.4) is 0 Å². The molecule has 2 amide bonds. The molecule has 1 saturated heterocycles. The van der Waals surface area contributed by atoms with Gasteiger partial charge in [0.1, 0.15) is 11.4 Å². The number of aliphatic hydroxyl groups is 1. The number of hydrogen-bond acceptors (Lipinski definition) is 5. The third kappa shape index (κ3) is 8.20. The predicted molar refractivity (Wildman–Crippen MR) is 98.8 cm³/mol. The maximum absolute atomic E-state index is 11.4. The van der Waals surface area contributed by atoms with E-state index in [9.17, 15) is 14.7 Å². The van der Waals surface area contributed by atoms with Gasteiger partial charge in [0.15, 0.2) is 0 Å². The van der Waals surface area contributed by atoms with E-state index in [2.05, 4.69) is 5.32 Å². The van der Waals surface area contributed by atoms with Crippen LogP contribution in [0.4, 0.5) is 4.79 Å². The third-order valence-corrected chi connectivity index (χ3v) is 3.63. The zero-order chi connectivity index (χ0) is 19.9. The van der Waals surface area contributed by atoms with Gasteiger partial charge < -0.3 is 25.2 Å². The molecule has 7 heteroatoms. The van der Waals surface area contributed by atoms with E-state index in [4.69, 9.17) is 9.84 Å². The van der Waals surface area contributed by atoms with Gasteiger partial charge in [-0.3, -0.25) is 4.79 Å². The molecule has 26 heavy (non-hydrogen) atoms. The molecule has 7 nitrogen and oxygen atoms in total. The molecular weight excluding hydrogens is 336 g/mol. The average Bonchev–Trinajstić information content (AvgIpc) is 2.93. The summed E-state index contributed by atoms with van der Waals surface area (Å²) in [5.41, 5.74) is 0.526. The van der Waals surface area contributed by atoms with Gasteiger partial charge in [-0.1, -0.05) is 12.1 Å². The Balaban J connectivity index is 0.000000260. The molecule has 1 unspecified atom stereocenters. The lowest BCUT2D eigenvalue weighted by Crippen LogP contribution is -2.35. The molecule has 3 N–H and O–H groups in total. The first kappa shape index (κ1) is 21.8. The topological polar surface area (TPSA) is 99.1 Å². The molecule has 0 aromatic heterocycles. The van der Waals surface area contributed by atoms with Crippen molar-refractivity contribution in [3.8, 4) is 5.75 Å². The van der Waals surface area contributed by atoms with Crippen LogP contribution in [0.25, 0.3) is 0 Å². The molecular formula is C19H30N2O5. The number of carbonyl (C=O) groups excluding carboxylic acids is 2. The monoisotopic (exact) mass is 366 g/mol. The van der Waals surface area contributed by atoms with Gasteiger partial charge in [0.25, 0.3) is 0 Å². The number of β-amino-alcohol motifs (C(OH)–C–C–N with tert-alkyl or cyclic N) is 1. The van der Waals surface area contributed by atoms with Gasteiger partial charge >= 0.3 is 6.09 Å². The standard InChI is InChI=1S/C10H13NO2.C9H17NO3/c1-7(11-8(2)12)9-3-5-10(13)6-4-9;1-9(2,3)13-8(12)10-5-4-7(11)6-10/h3-7,13H,1-2H3,(H,11,12);7,11H,4-6H2,1-3H3/t;7-/m.1/s1. The van der Waals surface area contributed by atoms with Gasteiger partial charge in [-0.05, 0) is 51.8 Å². The second kappa shape index (κ2) is 9.43. The number of carbonyl (C=O) groups is 2. The van der Waals surface area contributed by atoms with Crippen molar-refractivity contribution in [3.63, 3.8) is 0 Å². The molecule has 0 saturated carbocycles. The zero-order valence-electron chi connectivity index (χ0n) is 16.2. The number of hydrogen-bond donors (Lipinski definition) is 3. The molecule has 1 fully saturated rings. The van der Waals surface area contributed by atoms with Crippen molar-refractivity contribution in [2.75, 3.05) is 13.1 Å². The first-order valence-corrected chi connectivity index (χ1v) is 8.70. The fourth-order valence-corrected chi connectivity index (χ4v) is 2.39. The van der Waals surface area contributed by atoms with E-state index in [1.165, 1.54) is 11.8 Å². The summed E-state index contributed by atoms with van der Waals surface area (Å²) in [6.07, 6.45) is -0.0595. The maximum Gasteiger partial charge on any atom is 0.410 e. The molecule has 0 spiro atoms. The van der Waals surface area contributed by atoms with E-state index >= 15 is 0 Å². The van der Waals surface area contributed by atoms with Crippen LogP contribution in [0.1, 0.15) is 52.6 Å². The summed E-state index contributed by atoms with van der Waals surface area (Å²) in [6.45, 7) is 9.86. The Morgan fingerprint density at radius 1 is 1.27 bits per heavy atom. The molecule has 0 radical (unpaired) electrons. The average molecular weight is 366 g/mol. The zero-order valence-corrected chi connectivity index (χ0v) is 16.2. The number of rotatable bonds is 2. The molecule has 146 valence electrons. The van der Waals surface area contributed by atoms with Gasteiger partial charge in [-0.2, -0.15) is 0 Å². The van der Waals surface area contributed by atoms with Gasteiger partial charge in [0, 0.05) is 20.0 Å². The van der Waals surface area contributed by atoms with Crippen molar-refractivity contribution in [2.45, 2.75) is 58.8 Å². The maximum atomic E-state index is 11.4. The summed E-state index contributed by atoms with van der Waals surface area (Å²) >= 11 is 0. The Morgan fingerprint density at radius 2 is 1.85 bits per heavy atom. The third-order valence-electron chi connectivity index (χ3n) is 3.63. The summed E-state index contributed by atoms with van der Waals surface area (Å²) in [5.74, 6) is 0.180. The largest absolute Gasteiger partial charge is 0.508 e. The molecule has 1 aliphatic rings. The lowest BCUT2D eigenvalue weighted by atomic mass is 10.1. The molecule has 1 aromatic rings. The molecule has 1 aromatic carbocycles. The van der Waals surface area contributed by atoms with E-state index in [1.807, 2.05) is 27.7 Å². The van der Waals surface area contributed by atoms with Gasteiger partial charge in [-0.25, -0.2) is 4.79 Å². The van der Waals surface area contributed by atoms with Gasteiger partial charge in [0.05, 0.1) is 12.1 Å². The minimum Gasteiger partial charge on any atom is -0.508 e. The minimum absolute atomic E-state index is 0.0156. The molecule has 0 aliphatic carbocycles. The van der Waals surface area contributed by atoms with Crippen LogP contribution in [-0.2, 0) is 9.53 Å². The first-order chi connectivity index (χ1) is 12.0. The smallest absolute Gasteiger partial charge is 0.410 e. The van der Waals surface area contributed by atoms with Crippen LogP contribution in [0.2, 0.25) is 0 Å². The number of aliphatic hydroxyl groups excluding tert-OH is 1. The number of phenolic OH excluding ortho intramolecular Hbond substituents is 1. The lowest BCUT2D eigenvalue weighted by molar-refractivity contribution is -0.119. The lowest BCUT2D eigenvalue weighted by Gasteiger charge is -2.24. The van der Waals surface area contributed by atoms with Crippen LogP contribution in [0.15, 0.2) is 24.3 Å². The van der Waals surface area contributed by atoms with E-state index in [-0.39, 0.29) is 29.9 Å². The van der Waals surface area contributed by atoms with Crippen LogP contribution in [-0.4, -0.2) is 51.9 Å². The van der Waals surface area contributed by atoms with E-state index in [0.29, 0.717) is 19.5 Å². The fraction of sp³-hybridized carbons (Fsp3) is 0.579. The van der Waals surface area contributed by atoms with E-state index in [0.717, 1.165) is 5.56 Å². The summed E-state index contributed by atoms with van der Waals surface area (Å²) in [4.78, 5) is 23.7. The number of amides is 2. The minimum atomic E-state index is -0.454. The predicted octanol–water partition coefficient (Wildman–Crippen LogP) is 2.58. The SMILES string of the molecule is CC(=O)NC(C)c1ccc(O)cc1.CC(C)(C)OC(=O)N1CC[C@@H](O)C1. The highest BCUT2D eigenvalue weighted by atomic mass is 16.6. The number of nitrogens with one attached hydrogen (secondary N) is 1. The molecule has 2 atom stereocenters. The molecule has 1 aliphatic heterocycles. The highest BCUT2D eigenvalue weighted by molar-refractivity contribution is 5.73. The molecule has 0 bridgehead atoms. The Hall–Kier alpha value is -2.28. The van der Waals surface area contributed by atoms with E-state index in [1.54, 1.807) is 24.3 Å². The fourth-order valence-electron chi connectivity index (χ4n) is 2.39. The number of likely N-dealkylation sites (tertiary alicyclic amines) is 1. The molecule has 2 rings (SSSR count). The first-order valence-electron chi connectivity index (χ1n) is 8.70. The Kier molecular flexibility index (Phi) is 7.89. The van der Waals surface area contributed by atoms with Crippen LogP contribution in [0.5, 0.6) is 5.75 Å². The number of phenols is 1. The van der Waals surface area contributed by atoms with Crippen molar-refractivity contribution in [3.05, 3.63) is 29.8 Å². The second-order valence-corrected chi connectivity index (χ2v) is 7.38. The summed E-state index contributed by atoms with van der Waals surface area (Å²) in [5, 5.41) is 21.0. The van der Waals surface area contributed by atoms with Crippen LogP contribution in [0, 0.1) is 0 Å². The summed E-state index contributed by atoms with van der Waals surface area (Å²) < 4.78 is 5.15. The Bertz CT molecular complexity index is 595. The van der Waals surface area contributed by atoms with Crippen molar-refractivity contribution >= 4 is 12.0 Å². The summed E-state index contributed by atoms with van der Waals surface area (Å²) in [6, 6.07) is 6.77. The number of aromatic hydroxyl groups is 1. The Labute approximate surface area is 155 Å². The van der Waals surface area contributed by atoms with Gasteiger partial charge in [0.2, 0.25) is 5.91 Å². The number of nitrogens with zero attached hydrogens (tertiary/aromatic N) is 1.